The number of halogens is 3. The molecular weight excluding hydrogens is 393 g/mol. The molecule has 2 rings (SSSR count). The topological polar surface area (TPSA) is 31.4 Å². The first-order valence-corrected chi connectivity index (χ1v) is 7.26. The minimum atomic E-state index is 0.425. The molecule has 1 aromatic heterocycles. The molecule has 0 saturated heterocycles. The summed E-state index contributed by atoms with van der Waals surface area (Å²) in [7, 11) is 1.60. The lowest BCUT2D eigenvalue weighted by molar-refractivity contribution is 0.409. The summed E-state index contributed by atoms with van der Waals surface area (Å²) >= 11 is 13.9. The zero-order valence-corrected chi connectivity index (χ0v) is 13.3. The maximum atomic E-state index is 5.72. The zero-order valence-electron chi connectivity index (χ0n) is 8.54. The average Bonchev–Trinajstić information content (AvgIpc) is 2.69. The molecule has 0 aliphatic heterocycles. The van der Waals surface area contributed by atoms with Gasteiger partial charge in [0.25, 0.3) is 5.19 Å². The molecule has 0 atom stereocenters. The van der Waals surface area contributed by atoms with Crippen molar-refractivity contribution < 1.29 is 9.47 Å². The van der Waals surface area contributed by atoms with E-state index in [0.29, 0.717) is 16.1 Å². The molecule has 0 aliphatic carbocycles. The van der Waals surface area contributed by atoms with Gasteiger partial charge in [0.2, 0.25) is 0 Å². The number of aromatic nitrogens is 1. The second kappa shape index (κ2) is 5.56. The summed E-state index contributed by atoms with van der Waals surface area (Å²) in [5.74, 6) is 1.37. The van der Waals surface area contributed by atoms with Gasteiger partial charge in [0, 0.05) is 11.4 Å². The lowest BCUT2D eigenvalue weighted by Crippen LogP contribution is -1.89. The van der Waals surface area contributed by atoms with Gasteiger partial charge < -0.3 is 9.47 Å². The minimum absolute atomic E-state index is 0.425. The molecule has 0 radical (unpaired) electrons. The summed E-state index contributed by atoms with van der Waals surface area (Å²) in [6.45, 7) is 0. The molecule has 0 N–H and O–H groups in total. The van der Waals surface area contributed by atoms with Crippen molar-refractivity contribution >= 4 is 54.8 Å². The molecule has 0 spiro atoms. The van der Waals surface area contributed by atoms with Crippen molar-refractivity contribution in [2.45, 2.75) is 0 Å². The van der Waals surface area contributed by atoms with Gasteiger partial charge in [0.1, 0.15) is 16.7 Å². The van der Waals surface area contributed by atoms with Crippen LogP contribution in [0.1, 0.15) is 0 Å². The fraction of sp³-hybridized carbons (Fsp3) is 0.100. The van der Waals surface area contributed by atoms with Crippen molar-refractivity contribution in [1.82, 2.24) is 4.98 Å². The second-order valence-electron chi connectivity index (χ2n) is 2.96. The Morgan fingerprint density at radius 1 is 1.24 bits per heavy atom. The highest BCUT2D eigenvalue weighted by atomic mass is 79.9. The maximum absolute atomic E-state index is 5.72. The van der Waals surface area contributed by atoms with Crippen LogP contribution >= 0.6 is 54.8 Å². The number of methoxy groups -OCH3 is 1. The summed E-state index contributed by atoms with van der Waals surface area (Å²) in [5.41, 5.74) is 0. The second-order valence-corrected chi connectivity index (χ2v) is 5.87. The highest BCUT2D eigenvalue weighted by molar-refractivity contribution is 9.11. The molecule has 0 bridgehead atoms. The number of hydrogen-bond acceptors (Lipinski definition) is 4. The van der Waals surface area contributed by atoms with Crippen LogP contribution in [-0.2, 0) is 0 Å². The summed E-state index contributed by atoms with van der Waals surface area (Å²) in [4.78, 5) is 4.01. The van der Waals surface area contributed by atoms with E-state index in [1.165, 1.54) is 11.3 Å². The number of hydrogen-bond donors (Lipinski definition) is 0. The van der Waals surface area contributed by atoms with E-state index >= 15 is 0 Å². The SMILES string of the molecule is COc1cc(Br)c(Oc2nc(Cl)cs2)cc1Br. The number of rotatable bonds is 3. The fourth-order valence-electron chi connectivity index (χ4n) is 1.12. The van der Waals surface area contributed by atoms with Crippen molar-refractivity contribution in [2.24, 2.45) is 0 Å². The van der Waals surface area contributed by atoms with Crippen LogP contribution in [0.4, 0.5) is 0 Å². The zero-order chi connectivity index (χ0) is 12.4. The van der Waals surface area contributed by atoms with Gasteiger partial charge in [-0.25, -0.2) is 0 Å². The predicted molar refractivity (Wildman–Crippen MR) is 75.6 cm³/mol. The third kappa shape index (κ3) is 3.13. The highest BCUT2D eigenvalue weighted by Gasteiger charge is 2.10. The van der Waals surface area contributed by atoms with E-state index in [1.54, 1.807) is 18.6 Å². The molecule has 2 aromatic rings. The number of thiazole rings is 1. The van der Waals surface area contributed by atoms with Crippen molar-refractivity contribution in [3.63, 3.8) is 0 Å². The first-order valence-electron chi connectivity index (χ1n) is 4.42. The van der Waals surface area contributed by atoms with Crippen LogP contribution in [0.5, 0.6) is 16.7 Å². The lowest BCUT2D eigenvalue weighted by Gasteiger charge is -2.08. The Morgan fingerprint density at radius 2 is 1.88 bits per heavy atom. The molecule has 0 aliphatic rings. The molecule has 3 nitrogen and oxygen atoms in total. The van der Waals surface area contributed by atoms with Crippen molar-refractivity contribution in [3.8, 4) is 16.7 Å². The standard InChI is InChI=1S/C10H6Br2ClNO2S/c1-15-7-2-6(12)8(3-5(7)11)16-10-14-9(13)4-17-10/h2-4H,1H3. The van der Waals surface area contributed by atoms with E-state index in [0.717, 1.165) is 14.7 Å². The van der Waals surface area contributed by atoms with E-state index in [2.05, 4.69) is 36.8 Å². The summed E-state index contributed by atoms with van der Waals surface area (Å²) < 4.78 is 12.4. The monoisotopic (exact) mass is 397 g/mol. The molecular formula is C10H6Br2ClNO2S. The van der Waals surface area contributed by atoms with E-state index < -0.39 is 0 Å². The smallest absolute Gasteiger partial charge is 0.280 e. The Balaban J connectivity index is 2.30. The number of ether oxygens (including phenoxy) is 2. The molecule has 0 fully saturated rings. The van der Waals surface area contributed by atoms with Crippen LogP contribution in [0.25, 0.3) is 0 Å². The van der Waals surface area contributed by atoms with E-state index in [9.17, 15) is 0 Å². The largest absolute Gasteiger partial charge is 0.496 e. The maximum Gasteiger partial charge on any atom is 0.280 e. The van der Waals surface area contributed by atoms with Crippen LogP contribution in [-0.4, -0.2) is 12.1 Å². The number of benzene rings is 1. The van der Waals surface area contributed by atoms with Crippen LogP contribution in [0.2, 0.25) is 5.15 Å². The van der Waals surface area contributed by atoms with Gasteiger partial charge in [-0.15, -0.1) is 0 Å². The summed E-state index contributed by atoms with van der Waals surface area (Å²) in [6, 6.07) is 3.62. The Bertz CT molecular complexity index is 547. The molecule has 90 valence electrons. The van der Waals surface area contributed by atoms with Crippen LogP contribution in [0.15, 0.2) is 26.5 Å². The van der Waals surface area contributed by atoms with Gasteiger partial charge in [0.05, 0.1) is 16.1 Å². The third-order valence-corrected chi connectivity index (χ3v) is 4.14. The summed E-state index contributed by atoms with van der Waals surface area (Å²) in [6.07, 6.45) is 0. The van der Waals surface area contributed by atoms with Crippen molar-refractivity contribution in [2.75, 3.05) is 7.11 Å². The van der Waals surface area contributed by atoms with Gasteiger partial charge in [-0.05, 0) is 37.9 Å². The van der Waals surface area contributed by atoms with Crippen LogP contribution in [0, 0.1) is 0 Å². The average molecular weight is 399 g/mol. The van der Waals surface area contributed by atoms with Gasteiger partial charge in [-0.1, -0.05) is 22.9 Å². The van der Waals surface area contributed by atoms with Crippen LogP contribution < -0.4 is 9.47 Å². The molecule has 0 unspecified atom stereocenters. The van der Waals surface area contributed by atoms with Crippen molar-refractivity contribution in [1.29, 1.82) is 0 Å². The van der Waals surface area contributed by atoms with Gasteiger partial charge in [-0.3, -0.25) is 0 Å². The number of nitrogens with zero attached hydrogens (tertiary/aromatic N) is 1. The Morgan fingerprint density at radius 3 is 2.47 bits per heavy atom. The third-order valence-electron chi connectivity index (χ3n) is 1.86. The molecule has 7 heteroatoms. The first kappa shape index (κ1) is 13.1. The molecule has 1 heterocycles. The van der Waals surface area contributed by atoms with Crippen LogP contribution in [0.3, 0.4) is 0 Å². The molecule has 0 amide bonds. The van der Waals surface area contributed by atoms with E-state index in [1.807, 2.05) is 6.07 Å². The Hall–Kier alpha value is -0.300. The quantitative estimate of drug-likeness (QED) is 0.718. The Kier molecular flexibility index (Phi) is 4.30. The molecule has 17 heavy (non-hydrogen) atoms. The first-order chi connectivity index (χ1) is 8.10. The predicted octanol–water partition coefficient (Wildman–Crippen LogP) is 5.12. The van der Waals surface area contributed by atoms with Crippen molar-refractivity contribution in [3.05, 3.63) is 31.6 Å². The fourth-order valence-corrected chi connectivity index (χ4v) is 2.81. The van der Waals surface area contributed by atoms with E-state index in [-0.39, 0.29) is 0 Å². The molecule has 1 aromatic carbocycles. The van der Waals surface area contributed by atoms with Gasteiger partial charge in [0.15, 0.2) is 0 Å². The lowest BCUT2D eigenvalue weighted by atomic mass is 10.3. The summed E-state index contributed by atoms with van der Waals surface area (Å²) in [5, 5.41) is 2.63. The van der Waals surface area contributed by atoms with Gasteiger partial charge in [-0.2, -0.15) is 4.98 Å². The molecule has 0 saturated carbocycles. The normalized spacial score (nSPS) is 10.4. The van der Waals surface area contributed by atoms with E-state index in [4.69, 9.17) is 21.1 Å². The highest BCUT2D eigenvalue weighted by Crippen LogP contribution is 2.38. The minimum Gasteiger partial charge on any atom is -0.496 e. The van der Waals surface area contributed by atoms with Gasteiger partial charge >= 0.3 is 0 Å². The Labute approximate surface area is 124 Å².